The molecule has 0 bridgehead atoms. The van der Waals surface area contributed by atoms with Crippen molar-refractivity contribution in [1.29, 1.82) is 0 Å². The highest BCUT2D eigenvalue weighted by molar-refractivity contribution is 7.00. The molecular weight excluding hydrogens is 824 g/mol. The van der Waals surface area contributed by atoms with Crippen LogP contribution in [0.2, 0.25) is 0 Å². The predicted molar refractivity (Wildman–Crippen MR) is 293 cm³/mol. The van der Waals surface area contributed by atoms with Crippen LogP contribution in [0.4, 0.5) is 34.1 Å². The van der Waals surface area contributed by atoms with E-state index in [0.29, 0.717) is 0 Å². The number of anilines is 6. The van der Waals surface area contributed by atoms with Gasteiger partial charge in [0.05, 0.1) is 0 Å². The molecule has 8 aromatic carbocycles. The summed E-state index contributed by atoms with van der Waals surface area (Å²) in [5.74, 6) is 0. The normalized spacial score (nSPS) is 13.8. The minimum atomic E-state index is -0.129. The molecule has 4 heteroatoms. The summed E-state index contributed by atoms with van der Waals surface area (Å²) in [6.45, 7) is 27.9. The molecule has 11 rings (SSSR count). The molecule has 2 aliphatic rings. The van der Waals surface area contributed by atoms with E-state index in [4.69, 9.17) is 4.42 Å². The molecule has 68 heavy (non-hydrogen) atoms. The average Bonchev–Trinajstić information content (AvgIpc) is 3.68. The lowest BCUT2D eigenvalue weighted by atomic mass is 9.33. The van der Waals surface area contributed by atoms with Crippen LogP contribution in [0, 0.1) is 0 Å². The molecular formula is C64H63BN2O. The SMILES string of the molecule is CC(C)(C)c1ccc(-c2ccc(N3c4ccc(C(C)(C)C)cc4B4c5ccc(C(C)(C)C)cc5N(c5cccc(-c6ccc7oc8ccccc8c7c6)c5)c5cc(C(C)(C)C)cc3c54)cc2)cc1. The van der Waals surface area contributed by atoms with Crippen LogP contribution < -0.4 is 26.2 Å². The van der Waals surface area contributed by atoms with Crippen molar-refractivity contribution in [3.63, 3.8) is 0 Å². The van der Waals surface area contributed by atoms with E-state index >= 15 is 0 Å². The maximum atomic E-state index is 6.27. The Morgan fingerprint density at radius 3 is 1.53 bits per heavy atom. The van der Waals surface area contributed by atoms with Gasteiger partial charge in [-0.3, -0.25) is 0 Å². The monoisotopic (exact) mass is 887 g/mol. The van der Waals surface area contributed by atoms with Crippen molar-refractivity contribution in [1.82, 2.24) is 0 Å². The second kappa shape index (κ2) is 15.4. The molecule has 0 saturated carbocycles. The van der Waals surface area contributed by atoms with Gasteiger partial charge in [-0.1, -0.05) is 180 Å². The average molecular weight is 887 g/mol. The largest absolute Gasteiger partial charge is 0.456 e. The summed E-state index contributed by atoms with van der Waals surface area (Å²) in [7, 11) is 0. The summed E-state index contributed by atoms with van der Waals surface area (Å²) in [4.78, 5) is 5.15. The van der Waals surface area contributed by atoms with Crippen LogP contribution in [0.15, 0.2) is 168 Å². The molecule has 0 N–H and O–H groups in total. The lowest BCUT2D eigenvalue weighted by Gasteiger charge is -2.45. The third kappa shape index (κ3) is 7.35. The predicted octanol–water partition coefficient (Wildman–Crippen LogP) is 16.2. The zero-order valence-corrected chi connectivity index (χ0v) is 42.0. The summed E-state index contributed by atoms with van der Waals surface area (Å²) in [6, 6.07) is 62.2. The van der Waals surface area contributed by atoms with Gasteiger partial charge in [-0.25, -0.2) is 0 Å². The molecule has 0 radical (unpaired) electrons. The fourth-order valence-electron chi connectivity index (χ4n) is 10.6. The molecule has 0 fully saturated rings. The fraction of sp³-hybridized carbons (Fsp3) is 0.250. The Morgan fingerprint density at radius 2 is 0.868 bits per heavy atom. The van der Waals surface area contributed by atoms with Gasteiger partial charge >= 0.3 is 0 Å². The Hall–Kier alpha value is -6.78. The molecule has 2 aliphatic heterocycles. The first kappa shape index (κ1) is 43.8. The zero-order chi connectivity index (χ0) is 47.7. The van der Waals surface area contributed by atoms with Gasteiger partial charge in [-0.2, -0.15) is 0 Å². The van der Waals surface area contributed by atoms with Gasteiger partial charge in [-0.05, 0) is 149 Å². The Balaban J connectivity index is 1.15. The number of hydrogen-bond donors (Lipinski definition) is 0. The van der Waals surface area contributed by atoms with E-state index in [1.54, 1.807) is 0 Å². The fourth-order valence-corrected chi connectivity index (χ4v) is 10.6. The third-order valence-electron chi connectivity index (χ3n) is 14.7. The summed E-state index contributed by atoms with van der Waals surface area (Å²) < 4.78 is 6.27. The van der Waals surface area contributed by atoms with E-state index in [1.807, 2.05) is 6.07 Å². The van der Waals surface area contributed by atoms with Crippen LogP contribution in [0.3, 0.4) is 0 Å². The van der Waals surface area contributed by atoms with Crippen molar-refractivity contribution < 1.29 is 4.42 Å². The standard InChI is InChI=1S/C64H63BN2O/c1-61(2,3)44-25-20-40(21-26-44)41-22-29-48(30-23-41)66-54-32-28-45(62(4,5)6)36-53(54)65-52-31-27-46(63(7,8)9)37-55(52)67(57-39-47(64(10,11)12)38-56(66)60(57)65)49-17-15-16-42(34-49)43-24-33-59-51(35-43)50-18-13-14-19-58(50)68-59/h13-39H,1-12H3. The van der Waals surface area contributed by atoms with Crippen molar-refractivity contribution in [2.45, 2.75) is 105 Å². The molecule has 3 heterocycles. The molecule has 0 saturated heterocycles. The Kier molecular flexibility index (Phi) is 9.90. The Labute approximate surface area is 404 Å². The number of fused-ring (bicyclic) bond motifs is 7. The van der Waals surface area contributed by atoms with E-state index in [2.05, 4.69) is 251 Å². The number of nitrogens with zero attached hydrogens (tertiary/aromatic N) is 2. The van der Waals surface area contributed by atoms with E-state index < -0.39 is 0 Å². The number of benzene rings is 8. The van der Waals surface area contributed by atoms with Gasteiger partial charge in [-0.15, -0.1) is 0 Å². The van der Waals surface area contributed by atoms with E-state index in [9.17, 15) is 0 Å². The molecule has 0 aliphatic carbocycles. The zero-order valence-electron chi connectivity index (χ0n) is 42.0. The third-order valence-corrected chi connectivity index (χ3v) is 14.7. The van der Waals surface area contributed by atoms with E-state index in [-0.39, 0.29) is 28.4 Å². The van der Waals surface area contributed by atoms with Crippen molar-refractivity contribution in [2.75, 3.05) is 9.80 Å². The summed E-state index contributed by atoms with van der Waals surface area (Å²) >= 11 is 0. The van der Waals surface area contributed by atoms with E-state index in [1.165, 1.54) is 83.6 Å². The van der Waals surface area contributed by atoms with Crippen LogP contribution in [-0.4, -0.2) is 6.71 Å². The van der Waals surface area contributed by atoms with Crippen molar-refractivity contribution in [3.8, 4) is 22.3 Å². The minimum absolute atomic E-state index is 0.0170. The van der Waals surface area contributed by atoms with Gasteiger partial charge in [0.15, 0.2) is 0 Å². The number of furan rings is 1. The minimum Gasteiger partial charge on any atom is -0.456 e. The molecule has 0 unspecified atom stereocenters. The second-order valence-corrected chi connectivity index (χ2v) is 23.6. The summed E-state index contributed by atoms with van der Waals surface area (Å²) in [6.07, 6.45) is 0. The van der Waals surface area contributed by atoms with Crippen LogP contribution in [0.1, 0.15) is 105 Å². The first-order valence-corrected chi connectivity index (χ1v) is 24.5. The van der Waals surface area contributed by atoms with E-state index in [0.717, 1.165) is 33.3 Å². The topological polar surface area (TPSA) is 19.6 Å². The summed E-state index contributed by atoms with van der Waals surface area (Å²) in [5.41, 5.74) is 23.0. The highest BCUT2D eigenvalue weighted by Gasteiger charge is 2.45. The van der Waals surface area contributed by atoms with Gasteiger partial charge in [0, 0.05) is 44.9 Å². The number of rotatable bonds is 4. The van der Waals surface area contributed by atoms with Crippen molar-refractivity contribution in [2.24, 2.45) is 0 Å². The first-order valence-electron chi connectivity index (χ1n) is 24.5. The Morgan fingerprint density at radius 1 is 0.338 bits per heavy atom. The maximum absolute atomic E-state index is 6.27. The summed E-state index contributed by atoms with van der Waals surface area (Å²) in [5, 5.41) is 2.27. The van der Waals surface area contributed by atoms with Crippen molar-refractivity contribution >= 4 is 79.2 Å². The number of para-hydroxylation sites is 1. The highest BCUT2D eigenvalue weighted by atomic mass is 16.3. The molecule has 338 valence electrons. The Bertz CT molecular complexity index is 3440. The number of hydrogen-bond acceptors (Lipinski definition) is 3. The molecule has 1 aromatic heterocycles. The van der Waals surface area contributed by atoms with Gasteiger partial charge in [0.25, 0.3) is 6.71 Å². The molecule has 0 spiro atoms. The van der Waals surface area contributed by atoms with Gasteiger partial charge in [0.1, 0.15) is 11.2 Å². The molecule has 3 nitrogen and oxygen atoms in total. The van der Waals surface area contributed by atoms with Crippen LogP contribution in [-0.2, 0) is 21.7 Å². The van der Waals surface area contributed by atoms with Crippen molar-refractivity contribution in [3.05, 3.63) is 186 Å². The molecule has 9 aromatic rings. The van der Waals surface area contributed by atoms with Crippen LogP contribution in [0.25, 0.3) is 44.2 Å². The quantitative estimate of drug-likeness (QED) is 0.164. The van der Waals surface area contributed by atoms with Crippen LogP contribution >= 0.6 is 0 Å². The van der Waals surface area contributed by atoms with Gasteiger partial charge in [0.2, 0.25) is 0 Å². The molecule has 0 amide bonds. The molecule has 0 atom stereocenters. The smallest absolute Gasteiger partial charge is 0.252 e. The lowest BCUT2D eigenvalue weighted by molar-refractivity contribution is 0.589. The maximum Gasteiger partial charge on any atom is 0.252 e. The lowest BCUT2D eigenvalue weighted by Crippen LogP contribution is -2.61. The van der Waals surface area contributed by atoms with Crippen LogP contribution in [0.5, 0.6) is 0 Å². The first-order chi connectivity index (χ1) is 32.2. The highest BCUT2D eigenvalue weighted by Crippen LogP contribution is 2.48. The second-order valence-electron chi connectivity index (χ2n) is 23.6. The van der Waals surface area contributed by atoms with Gasteiger partial charge < -0.3 is 14.2 Å².